The second-order valence-electron chi connectivity index (χ2n) is 1.22. The van der Waals surface area contributed by atoms with Gasteiger partial charge in [0.2, 0.25) is 0 Å². The summed E-state index contributed by atoms with van der Waals surface area (Å²) in [5.74, 6) is 0. The van der Waals surface area contributed by atoms with Gasteiger partial charge in [0.05, 0.1) is 6.61 Å². The molecule has 0 spiro atoms. The van der Waals surface area contributed by atoms with Crippen molar-refractivity contribution in [2.45, 2.75) is 6.42 Å². The van der Waals surface area contributed by atoms with E-state index < -0.39 is 0 Å². The van der Waals surface area contributed by atoms with Crippen LogP contribution in [-0.4, -0.2) is 16.8 Å². The summed E-state index contributed by atoms with van der Waals surface area (Å²) in [6, 6.07) is 0. The van der Waals surface area contributed by atoms with E-state index in [9.17, 15) is 0 Å². The van der Waals surface area contributed by atoms with E-state index in [1.807, 2.05) is 0 Å². The van der Waals surface area contributed by atoms with Crippen LogP contribution in [0.1, 0.15) is 6.42 Å². The van der Waals surface area contributed by atoms with Gasteiger partial charge in [-0.1, -0.05) is 6.08 Å². The van der Waals surface area contributed by atoms with E-state index in [2.05, 4.69) is 6.58 Å². The fourth-order valence-electron chi connectivity index (χ4n) is 0.231. The molecule has 0 amide bonds. The van der Waals surface area contributed by atoms with Crippen molar-refractivity contribution in [1.82, 2.24) is 0 Å². The molecule has 0 unspecified atom stereocenters. The summed E-state index contributed by atoms with van der Waals surface area (Å²) in [6.45, 7) is 3.10. The predicted molar refractivity (Wildman–Crippen MR) is 27.1 cm³/mol. The first-order valence-corrected chi connectivity index (χ1v) is 2.06. The highest BCUT2D eigenvalue weighted by molar-refractivity contribution is 4.83. The van der Waals surface area contributed by atoms with Crippen molar-refractivity contribution < 1.29 is 10.2 Å². The van der Waals surface area contributed by atoms with Crippen LogP contribution in [0.25, 0.3) is 0 Å². The Hall–Kier alpha value is -0.340. The third-order valence-electron chi connectivity index (χ3n) is 0.562. The number of rotatable bonds is 3. The number of hydrogen-bond donors (Lipinski definition) is 2. The molecule has 0 aromatic carbocycles. The van der Waals surface area contributed by atoms with E-state index >= 15 is 0 Å². The monoisotopic (exact) mass is 101 g/mol. The smallest absolute Gasteiger partial charge is 0.122 e. The highest BCUT2D eigenvalue weighted by atomic mass is 16.3. The lowest BCUT2D eigenvalue weighted by molar-refractivity contribution is 0.185. The van der Waals surface area contributed by atoms with Crippen LogP contribution in [0, 0.1) is 6.10 Å². The molecule has 0 aliphatic rings. The van der Waals surface area contributed by atoms with Crippen molar-refractivity contribution in [3.63, 3.8) is 0 Å². The van der Waals surface area contributed by atoms with Gasteiger partial charge in [-0.15, -0.1) is 6.58 Å². The fraction of sp³-hybridized carbons (Fsp3) is 0.400. The zero-order valence-electron chi connectivity index (χ0n) is 4.09. The molecule has 0 saturated carbocycles. The molecule has 2 heteroatoms. The Bertz CT molecular complexity index is 52.0. The second kappa shape index (κ2) is 3.84. The molecule has 0 heterocycles. The Balaban J connectivity index is 2.98. The first-order valence-electron chi connectivity index (χ1n) is 2.06. The minimum atomic E-state index is -0.258. The van der Waals surface area contributed by atoms with Crippen LogP contribution in [0.4, 0.5) is 0 Å². The quantitative estimate of drug-likeness (QED) is 0.507. The molecule has 2 N–H and O–H groups in total. The van der Waals surface area contributed by atoms with E-state index in [1.54, 1.807) is 0 Å². The van der Waals surface area contributed by atoms with Crippen molar-refractivity contribution in [2.75, 3.05) is 6.61 Å². The molecule has 0 rings (SSSR count). The number of aliphatic hydroxyl groups excluding tert-OH is 2. The predicted octanol–water partition coefficient (Wildman–Crippen LogP) is 0.459. The van der Waals surface area contributed by atoms with E-state index in [0.717, 1.165) is 0 Å². The lowest BCUT2D eigenvalue weighted by atomic mass is 10.3. The van der Waals surface area contributed by atoms with Gasteiger partial charge in [0.15, 0.2) is 0 Å². The summed E-state index contributed by atoms with van der Waals surface area (Å²) in [4.78, 5) is 0. The van der Waals surface area contributed by atoms with Crippen LogP contribution in [-0.2, 0) is 0 Å². The molecule has 2 nitrogen and oxygen atoms in total. The van der Waals surface area contributed by atoms with Gasteiger partial charge in [0, 0.05) is 0 Å². The third-order valence-corrected chi connectivity index (χ3v) is 0.562. The van der Waals surface area contributed by atoms with Crippen molar-refractivity contribution in [1.29, 1.82) is 0 Å². The molecule has 0 aliphatic heterocycles. The largest absolute Gasteiger partial charge is 0.393 e. The number of aliphatic hydroxyl groups is 2. The topological polar surface area (TPSA) is 40.5 Å². The van der Waals surface area contributed by atoms with E-state index in [0.29, 0.717) is 6.42 Å². The summed E-state index contributed by atoms with van der Waals surface area (Å²) in [6.07, 6.45) is 1.98. The standard InChI is InChI=1S/C5H9O2/c1-2-3-5(7)4-6/h2,6-7H,1,3-4H2. The average molecular weight is 101 g/mol. The maximum absolute atomic E-state index is 8.45. The van der Waals surface area contributed by atoms with Gasteiger partial charge in [0.25, 0.3) is 0 Å². The van der Waals surface area contributed by atoms with Crippen LogP contribution in [0.3, 0.4) is 0 Å². The fourth-order valence-corrected chi connectivity index (χ4v) is 0.231. The molecule has 0 aliphatic carbocycles. The Kier molecular flexibility index (Phi) is 3.65. The van der Waals surface area contributed by atoms with Gasteiger partial charge in [0.1, 0.15) is 6.10 Å². The molecule has 0 aromatic rings. The molecule has 1 radical (unpaired) electrons. The zero-order chi connectivity index (χ0) is 5.70. The van der Waals surface area contributed by atoms with Crippen LogP contribution in [0.2, 0.25) is 0 Å². The minimum absolute atomic E-state index is 0.0648. The molecule has 41 valence electrons. The van der Waals surface area contributed by atoms with Gasteiger partial charge in [-0.25, -0.2) is 0 Å². The van der Waals surface area contributed by atoms with Crippen molar-refractivity contribution in [3.05, 3.63) is 18.8 Å². The summed E-state index contributed by atoms with van der Waals surface area (Å²) >= 11 is 0. The van der Waals surface area contributed by atoms with E-state index in [-0.39, 0.29) is 12.7 Å². The molecular formula is C5H9O2. The highest BCUT2D eigenvalue weighted by Gasteiger charge is 1.96. The SMILES string of the molecule is C=CC[C](O)CO. The molecule has 0 aromatic heterocycles. The zero-order valence-corrected chi connectivity index (χ0v) is 4.09. The number of hydrogen-bond acceptors (Lipinski definition) is 2. The van der Waals surface area contributed by atoms with E-state index in [4.69, 9.17) is 10.2 Å². The van der Waals surface area contributed by atoms with Gasteiger partial charge in [-0.3, -0.25) is 0 Å². The lowest BCUT2D eigenvalue weighted by Crippen LogP contribution is -1.98. The molecule has 0 atom stereocenters. The maximum Gasteiger partial charge on any atom is 0.122 e. The summed E-state index contributed by atoms with van der Waals surface area (Å²) in [5, 5.41) is 16.6. The van der Waals surface area contributed by atoms with Crippen molar-refractivity contribution in [2.24, 2.45) is 0 Å². The Morgan fingerprint density at radius 3 is 2.43 bits per heavy atom. The Morgan fingerprint density at radius 1 is 1.71 bits per heavy atom. The third kappa shape index (κ3) is 3.49. The van der Waals surface area contributed by atoms with Gasteiger partial charge < -0.3 is 10.2 Å². The Labute approximate surface area is 43.1 Å². The second-order valence-corrected chi connectivity index (χ2v) is 1.22. The van der Waals surface area contributed by atoms with Crippen molar-refractivity contribution in [3.8, 4) is 0 Å². The minimum Gasteiger partial charge on any atom is -0.393 e. The normalized spacial score (nSPS) is 9.57. The van der Waals surface area contributed by atoms with Crippen LogP contribution >= 0.6 is 0 Å². The first kappa shape index (κ1) is 6.66. The van der Waals surface area contributed by atoms with Gasteiger partial charge in [-0.2, -0.15) is 0 Å². The molecular weight excluding hydrogens is 92.1 g/mol. The van der Waals surface area contributed by atoms with Crippen LogP contribution < -0.4 is 0 Å². The van der Waals surface area contributed by atoms with Gasteiger partial charge in [-0.05, 0) is 6.42 Å². The first-order chi connectivity index (χ1) is 3.31. The van der Waals surface area contributed by atoms with Crippen molar-refractivity contribution >= 4 is 0 Å². The van der Waals surface area contributed by atoms with E-state index in [1.165, 1.54) is 6.08 Å². The highest BCUT2D eigenvalue weighted by Crippen LogP contribution is 1.97. The van der Waals surface area contributed by atoms with Gasteiger partial charge >= 0.3 is 0 Å². The summed E-state index contributed by atoms with van der Waals surface area (Å²) < 4.78 is 0. The molecule has 0 fully saturated rings. The Morgan fingerprint density at radius 2 is 2.29 bits per heavy atom. The molecule has 0 bridgehead atoms. The maximum atomic E-state index is 8.45. The average Bonchev–Trinajstić information content (AvgIpc) is 1.68. The van der Waals surface area contributed by atoms with Crippen LogP contribution in [0.15, 0.2) is 12.7 Å². The lowest BCUT2D eigenvalue weighted by Gasteiger charge is -1.96. The summed E-state index contributed by atoms with van der Waals surface area (Å²) in [5.41, 5.74) is 0. The summed E-state index contributed by atoms with van der Waals surface area (Å²) in [7, 11) is 0. The molecule has 7 heavy (non-hydrogen) atoms. The van der Waals surface area contributed by atoms with Crippen LogP contribution in [0.5, 0.6) is 0 Å². The molecule has 0 saturated heterocycles.